The molecule has 1 aliphatic carbocycles. The van der Waals surface area contributed by atoms with Crippen LogP contribution in [0.5, 0.6) is 0 Å². The number of carboxylic acids is 1. The van der Waals surface area contributed by atoms with E-state index >= 15 is 0 Å². The second kappa shape index (κ2) is 5.64. The molecule has 0 bridgehead atoms. The third-order valence-electron chi connectivity index (χ3n) is 3.86. The summed E-state index contributed by atoms with van der Waals surface area (Å²) in [7, 11) is 0. The molecule has 1 fully saturated rings. The zero-order chi connectivity index (χ0) is 14.8. The fraction of sp³-hybridized carbons (Fsp3) is 0.643. The van der Waals surface area contributed by atoms with Crippen molar-refractivity contribution in [2.75, 3.05) is 5.32 Å². The summed E-state index contributed by atoms with van der Waals surface area (Å²) >= 11 is 0. The van der Waals surface area contributed by atoms with Crippen molar-refractivity contribution in [1.29, 1.82) is 0 Å². The topological polar surface area (TPSA) is 84.2 Å². The molecule has 20 heavy (non-hydrogen) atoms. The lowest BCUT2D eigenvalue weighted by molar-refractivity contribution is -0.138. The molecule has 0 aliphatic heterocycles. The van der Waals surface area contributed by atoms with E-state index in [1.807, 2.05) is 13.8 Å². The van der Waals surface area contributed by atoms with E-state index in [1.54, 1.807) is 17.0 Å². The molecule has 0 amide bonds. The first-order valence-electron chi connectivity index (χ1n) is 7.01. The average molecular weight is 279 g/mol. The lowest BCUT2D eigenvalue weighted by atomic mass is 9.93. The molecule has 1 aromatic heterocycles. The Hall–Kier alpha value is -1.85. The van der Waals surface area contributed by atoms with Crippen LogP contribution in [0.15, 0.2) is 17.2 Å². The summed E-state index contributed by atoms with van der Waals surface area (Å²) in [5.74, 6) is -0.594. The molecule has 0 aromatic carbocycles. The molecule has 110 valence electrons. The van der Waals surface area contributed by atoms with Gasteiger partial charge in [0, 0.05) is 24.0 Å². The van der Waals surface area contributed by atoms with Crippen LogP contribution < -0.4 is 10.9 Å². The van der Waals surface area contributed by atoms with Crippen molar-refractivity contribution in [3.05, 3.63) is 22.7 Å². The maximum atomic E-state index is 12.3. The third-order valence-corrected chi connectivity index (χ3v) is 3.86. The number of anilines is 1. The van der Waals surface area contributed by atoms with E-state index in [1.165, 1.54) is 0 Å². The maximum absolute atomic E-state index is 12.3. The van der Waals surface area contributed by atoms with Crippen LogP contribution >= 0.6 is 0 Å². The van der Waals surface area contributed by atoms with Crippen molar-refractivity contribution in [2.45, 2.75) is 57.5 Å². The molecule has 0 atom stereocenters. The molecule has 2 N–H and O–H groups in total. The number of nitrogens with one attached hydrogen (secondary N) is 1. The summed E-state index contributed by atoms with van der Waals surface area (Å²) in [6.07, 6.45) is 6.72. The van der Waals surface area contributed by atoms with Gasteiger partial charge in [-0.2, -0.15) is 0 Å². The summed E-state index contributed by atoms with van der Waals surface area (Å²) < 4.78 is 1.60. The number of aliphatic carboxylic acids is 1. The number of carbonyl (C=O) groups is 1. The van der Waals surface area contributed by atoms with Gasteiger partial charge in [0.25, 0.3) is 5.56 Å². The minimum atomic E-state index is -0.848. The van der Waals surface area contributed by atoms with Crippen molar-refractivity contribution < 1.29 is 9.90 Å². The van der Waals surface area contributed by atoms with Crippen LogP contribution in [0.2, 0.25) is 0 Å². The van der Waals surface area contributed by atoms with Crippen molar-refractivity contribution in [2.24, 2.45) is 0 Å². The van der Waals surface area contributed by atoms with Gasteiger partial charge in [0.05, 0.1) is 6.42 Å². The van der Waals surface area contributed by atoms with Crippen LogP contribution in [-0.4, -0.2) is 26.2 Å². The van der Waals surface area contributed by atoms with Gasteiger partial charge in [-0.25, -0.2) is 4.98 Å². The number of rotatable bonds is 5. The van der Waals surface area contributed by atoms with Gasteiger partial charge in [-0.3, -0.25) is 9.59 Å². The van der Waals surface area contributed by atoms with Gasteiger partial charge in [-0.1, -0.05) is 12.8 Å². The summed E-state index contributed by atoms with van der Waals surface area (Å²) in [6, 6.07) is 0.0463. The summed E-state index contributed by atoms with van der Waals surface area (Å²) in [6.45, 7) is 3.85. The Kier molecular flexibility index (Phi) is 4.11. The van der Waals surface area contributed by atoms with Gasteiger partial charge in [0.1, 0.15) is 0 Å². The molecule has 0 saturated heterocycles. The minimum Gasteiger partial charge on any atom is -0.481 e. The van der Waals surface area contributed by atoms with Crippen molar-refractivity contribution in [3.8, 4) is 0 Å². The largest absolute Gasteiger partial charge is 0.481 e. The van der Waals surface area contributed by atoms with Crippen LogP contribution in [0.25, 0.3) is 0 Å². The number of aromatic nitrogens is 2. The first-order valence-corrected chi connectivity index (χ1v) is 7.01. The minimum absolute atomic E-state index is 0.0185. The molecule has 1 saturated carbocycles. The Balaban J connectivity index is 2.30. The fourth-order valence-corrected chi connectivity index (χ4v) is 2.86. The van der Waals surface area contributed by atoms with Crippen LogP contribution in [-0.2, 0) is 4.79 Å². The molecule has 1 aromatic rings. The van der Waals surface area contributed by atoms with Gasteiger partial charge >= 0.3 is 5.97 Å². The molecule has 0 radical (unpaired) electrons. The van der Waals surface area contributed by atoms with Gasteiger partial charge in [-0.15, -0.1) is 0 Å². The first kappa shape index (κ1) is 14.6. The lowest BCUT2D eigenvalue weighted by Crippen LogP contribution is -2.40. The van der Waals surface area contributed by atoms with E-state index in [0.29, 0.717) is 0 Å². The molecule has 1 heterocycles. The SMILES string of the molecule is CC(C)n1ccnc(NC2(CC(=O)O)CCCC2)c1=O. The molecular weight excluding hydrogens is 258 g/mol. The van der Waals surface area contributed by atoms with E-state index in [2.05, 4.69) is 10.3 Å². The van der Waals surface area contributed by atoms with E-state index in [4.69, 9.17) is 5.11 Å². The van der Waals surface area contributed by atoms with Crippen LogP contribution in [0.3, 0.4) is 0 Å². The second-order valence-electron chi connectivity index (χ2n) is 5.76. The highest BCUT2D eigenvalue weighted by Crippen LogP contribution is 2.34. The summed E-state index contributed by atoms with van der Waals surface area (Å²) in [4.78, 5) is 27.5. The Morgan fingerprint density at radius 2 is 2.15 bits per heavy atom. The summed E-state index contributed by atoms with van der Waals surface area (Å²) in [5.41, 5.74) is -0.729. The van der Waals surface area contributed by atoms with Crippen LogP contribution in [0.1, 0.15) is 52.0 Å². The molecule has 6 nitrogen and oxygen atoms in total. The lowest BCUT2D eigenvalue weighted by Gasteiger charge is -2.29. The van der Waals surface area contributed by atoms with Gasteiger partial charge < -0.3 is 15.0 Å². The molecular formula is C14H21N3O3. The van der Waals surface area contributed by atoms with E-state index < -0.39 is 11.5 Å². The Morgan fingerprint density at radius 3 is 2.70 bits per heavy atom. The first-order chi connectivity index (χ1) is 9.43. The van der Waals surface area contributed by atoms with Crippen molar-refractivity contribution in [1.82, 2.24) is 9.55 Å². The molecule has 2 rings (SSSR count). The number of hydrogen-bond donors (Lipinski definition) is 2. The third kappa shape index (κ3) is 3.00. The van der Waals surface area contributed by atoms with Gasteiger partial charge in [0.2, 0.25) is 0 Å². The Bertz CT molecular complexity index is 545. The molecule has 0 spiro atoms. The normalized spacial score (nSPS) is 17.4. The number of hydrogen-bond acceptors (Lipinski definition) is 4. The average Bonchev–Trinajstić information content (AvgIpc) is 2.79. The van der Waals surface area contributed by atoms with E-state index in [-0.39, 0.29) is 23.8 Å². The highest BCUT2D eigenvalue weighted by atomic mass is 16.4. The maximum Gasteiger partial charge on any atom is 0.305 e. The zero-order valence-electron chi connectivity index (χ0n) is 11.9. The highest BCUT2D eigenvalue weighted by Gasteiger charge is 2.37. The van der Waals surface area contributed by atoms with Crippen molar-refractivity contribution in [3.63, 3.8) is 0 Å². The molecule has 1 aliphatic rings. The standard InChI is InChI=1S/C14H21N3O3/c1-10(2)17-8-7-15-12(13(17)20)16-14(9-11(18)19)5-3-4-6-14/h7-8,10H,3-6,9H2,1-2H3,(H,15,16)(H,18,19). The van der Waals surface area contributed by atoms with Crippen LogP contribution in [0.4, 0.5) is 5.82 Å². The monoisotopic (exact) mass is 279 g/mol. The molecule has 0 unspecified atom stereocenters. The molecule has 6 heteroatoms. The van der Waals surface area contributed by atoms with Gasteiger partial charge in [-0.05, 0) is 26.7 Å². The Labute approximate surface area is 117 Å². The Morgan fingerprint density at radius 1 is 1.50 bits per heavy atom. The number of nitrogens with zero attached hydrogens (tertiary/aromatic N) is 2. The van der Waals surface area contributed by atoms with Crippen LogP contribution in [0, 0.1) is 0 Å². The number of carboxylic acid groups (broad SMARTS) is 1. The quantitative estimate of drug-likeness (QED) is 0.861. The van der Waals surface area contributed by atoms with Gasteiger partial charge in [0.15, 0.2) is 5.82 Å². The van der Waals surface area contributed by atoms with Crippen molar-refractivity contribution >= 4 is 11.8 Å². The van der Waals surface area contributed by atoms with E-state index in [9.17, 15) is 9.59 Å². The smallest absolute Gasteiger partial charge is 0.305 e. The second-order valence-corrected chi connectivity index (χ2v) is 5.76. The predicted molar refractivity (Wildman–Crippen MR) is 76.0 cm³/mol. The van der Waals surface area contributed by atoms with E-state index in [0.717, 1.165) is 25.7 Å². The summed E-state index contributed by atoms with van der Waals surface area (Å²) in [5, 5.41) is 12.2. The predicted octanol–water partition coefficient (Wildman–Crippen LogP) is 2.02. The fourth-order valence-electron chi connectivity index (χ4n) is 2.86. The zero-order valence-corrected chi connectivity index (χ0v) is 11.9. The highest BCUT2D eigenvalue weighted by molar-refractivity contribution is 5.69.